The average Bonchev–Trinajstić information content (AvgIpc) is 3.07. The molecular weight excluding hydrogens is 622 g/mol. The Labute approximate surface area is 281 Å². The summed E-state index contributed by atoms with van der Waals surface area (Å²) in [6, 6.07) is 12.6. The molecule has 3 N–H and O–H groups in total. The number of rotatable bonds is 11. The smallest absolute Gasteiger partial charge is 0.330 e. The molecule has 0 atom stereocenters. The third kappa shape index (κ3) is 9.79. The van der Waals surface area contributed by atoms with Gasteiger partial charge in [0.1, 0.15) is 18.2 Å². The monoisotopic (exact) mass is 665 g/mol. The molecule has 0 spiro atoms. The van der Waals surface area contributed by atoms with Crippen LogP contribution in [-0.4, -0.2) is 71.2 Å². The molecule has 3 amide bonds. The molecule has 0 saturated heterocycles. The van der Waals surface area contributed by atoms with E-state index in [0.717, 1.165) is 69.2 Å². The van der Waals surface area contributed by atoms with Gasteiger partial charge >= 0.3 is 6.03 Å². The number of nitrogens with zero attached hydrogens (tertiary/aromatic N) is 5. The number of aliphatic carboxylic acids is 1. The Balaban J connectivity index is 0.00000118. The van der Waals surface area contributed by atoms with Gasteiger partial charge in [-0.3, -0.25) is 19.4 Å². The highest BCUT2D eigenvalue weighted by Crippen LogP contribution is 2.36. The fourth-order valence-electron chi connectivity index (χ4n) is 5.56. The molecule has 1 fully saturated rings. The van der Waals surface area contributed by atoms with Crippen LogP contribution in [0.2, 0.25) is 5.02 Å². The number of anilines is 5. The second kappa shape index (κ2) is 16.9. The Kier molecular flexibility index (Phi) is 12.8. The highest BCUT2D eigenvalue weighted by molar-refractivity contribution is 6.34. The van der Waals surface area contributed by atoms with E-state index in [-0.39, 0.29) is 24.4 Å². The fraction of sp³-hybridized carbons (Fsp3) is 0.441. The van der Waals surface area contributed by atoms with E-state index in [2.05, 4.69) is 39.3 Å². The number of nitrogens with one attached hydrogen (secondary N) is 2. The number of hydrogen-bond donors (Lipinski definition) is 3. The molecule has 252 valence electrons. The first-order chi connectivity index (χ1) is 22.6. The maximum Gasteiger partial charge on any atom is 0.330 e. The molecule has 0 unspecified atom stereocenters. The number of hydrogen-bond acceptors (Lipinski definition) is 8. The Morgan fingerprint density at radius 1 is 1.06 bits per heavy atom. The minimum absolute atomic E-state index is 0.0197. The van der Waals surface area contributed by atoms with Gasteiger partial charge in [-0.15, -0.1) is 0 Å². The molecule has 3 aromatic rings. The van der Waals surface area contributed by atoms with Crippen LogP contribution in [0.4, 0.5) is 33.6 Å². The predicted octanol–water partition coefficient (Wildman–Crippen LogP) is 6.78. The van der Waals surface area contributed by atoms with E-state index in [1.807, 2.05) is 24.3 Å². The summed E-state index contributed by atoms with van der Waals surface area (Å²) in [5.41, 5.74) is 2.72. The van der Waals surface area contributed by atoms with Gasteiger partial charge in [0.15, 0.2) is 0 Å². The van der Waals surface area contributed by atoms with Crippen molar-refractivity contribution in [2.75, 3.05) is 53.7 Å². The zero-order chi connectivity index (χ0) is 33.9. The van der Waals surface area contributed by atoms with Crippen LogP contribution in [0.3, 0.4) is 0 Å². The maximum absolute atomic E-state index is 13.5. The van der Waals surface area contributed by atoms with Gasteiger partial charge in [-0.05, 0) is 68.4 Å². The Morgan fingerprint density at radius 2 is 1.72 bits per heavy atom. The van der Waals surface area contributed by atoms with Gasteiger partial charge in [0.2, 0.25) is 11.9 Å². The van der Waals surface area contributed by atoms with Crippen LogP contribution >= 0.6 is 11.6 Å². The van der Waals surface area contributed by atoms with Crippen molar-refractivity contribution < 1.29 is 24.2 Å². The number of carbonyl (C=O) groups excluding carboxylic acids is 2. The number of halogens is 1. The maximum atomic E-state index is 13.5. The first-order valence-corrected chi connectivity index (χ1v) is 16.4. The number of urea groups is 1. The lowest BCUT2D eigenvalue weighted by atomic mass is 9.88. The number of aromatic nitrogens is 2. The summed E-state index contributed by atoms with van der Waals surface area (Å²) in [6.45, 7) is 9.14. The van der Waals surface area contributed by atoms with Crippen LogP contribution in [0.25, 0.3) is 0 Å². The molecule has 2 aliphatic rings. The highest BCUT2D eigenvalue weighted by Gasteiger charge is 2.32. The number of carboxylic acid groups (broad SMARTS) is 1. The van der Waals surface area contributed by atoms with Crippen LogP contribution in [0.15, 0.2) is 48.7 Å². The SMILES string of the molecule is CC(=O)O.CCN(CC)CCOc1ccc(Nc2ncc3c(n2)N(C)C(=O)N(c2cc(NC(=O)C4CCCCC4)ccc2Cl)C3)cc1. The summed E-state index contributed by atoms with van der Waals surface area (Å²) in [6.07, 6.45) is 6.88. The summed E-state index contributed by atoms with van der Waals surface area (Å²) < 4.78 is 5.87. The van der Waals surface area contributed by atoms with Crippen molar-refractivity contribution in [1.29, 1.82) is 0 Å². The van der Waals surface area contributed by atoms with Crippen molar-refractivity contribution >= 4 is 58.3 Å². The second-order valence-corrected chi connectivity index (χ2v) is 11.9. The Bertz CT molecular complexity index is 1520. The van der Waals surface area contributed by atoms with Crippen molar-refractivity contribution in [2.45, 2.75) is 59.4 Å². The van der Waals surface area contributed by atoms with Crippen molar-refractivity contribution in [2.24, 2.45) is 5.92 Å². The van der Waals surface area contributed by atoms with Crippen molar-refractivity contribution in [3.05, 3.63) is 59.2 Å². The van der Waals surface area contributed by atoms with Crippen molar-refractivity contribution in [3.63, 3.8) is 0 Å². The van der Waals surface area contributed by atoms with Gasteiger partial charge < -0.3 is 25.4 Å². The van der Waals surface area contributed by atoms with Crippen LogP contribution in [-0.2, 0) is 16.1 Å². The lowest BCUT2D eigenvalue weighted by Crippen LogP contribution is -2.46. The molecule has 5 rings (SSSR count). The third-order valence-corrected chi connectivity index (χ3v) is 8.49. The van der Waals surface area contributed by atoms with E-state index >= 15 is 0 Å². The summed E-state index contributed by atoms with van der Waals surface area (Å²) >= 11 is 6.56. The van der Waals surface area contributed by atoms with Gasteiger partial charge in [0, 0.05) is 49.6 Å². The Hall–Kier alpha value is -4.42. The molecule has 2 heterocycles. The minimum atomic E-state index is -0.833. The quantitative estimate of drug-likeness (QED) is 0.202. The summed E-state index contributed by atoms with van der Waals surface area (Å²) in [4.78, 5) is 49.8. The number of benzene rings is 2. The lowest BCUT2D eigenvalue weighted by Gasteiger charge is -2.34. The summed E-state index contributed by atoms with van der Waals surface area (Å²) in [5, 5.41) is 14.1. The van der Waals surface area contributed by atoms with Gasteiger partial charge in [-0.1, -0.05) is 44.7 Å². The van der Waals surface area contributed by atoms with E-state index < -0.39 is 5.97 Å². The van der Waals surface area contributed by atoms with E-state index in [0.29, 0.717) is 34.8 Å². The fourth-order valence-corrected chi connectivity index (χ4v) is 5.78. The number of amides is 3. The molecule has 1 saturated carbocycles. The van der Waals surface area contributed by atoms with Crippen molar-refractivity contribution in [1.82, 2.24) is 14.9 Å². The first kappa shape index (κ1) is 35.4. The van der Waals surface area contributed by atoms with Gasteiger partial charge in [0.25, 0.3) is 5.97 Å². The third-order valence-electron chi connectivity index (χ3n) is 8.17. The molecule has 2 aromatic carbocycles. The summed E-state index contributed by atoms with van der Waals surface area (Å²) in [5.74, 6) is 0.911. The number of likely N-dealkylation sites (N-methyl/N-ethyl adjacent to an activating group) is 1. The summed E-state index contributed by atoms with van der Waals surface area (Å²) in [7, 11) is 1.68. The van der Waals surface area contributed by atoms with Gasteiger partial charge in [-0.25, -0.2) is 9.78 Å². The largest absolute Gasteiger partial charge is 0.492 e. The topological polar surface area (TPSA) is 140 Å². The highest BCUT2D eigenvalue weighted by atomic mass is 35.5. The number of carboxylic acids is 1. The molecule has 0 radical (unpaired) electrons. The molecule has 1 aliphatic heterocycles. The van der Waals surface area contributed by atoms with Crippen LogP contribution in [0, 0.1) is 5.92 Å². The molecule has 47 heavy (non-hydrogen) atoms. The van der Waals surface area contributed by atoms with Crippen molar-refractivity contribution in [3.8, 4) is 5.75 Å². The standard InChI is InChI=1S/C32H40ClN7O3.C2H4O2/c1-4-39(5-2)17-18-43-26-14-11-24(12-15-26)36-31-34-20-23-21-40(32(42)38(3)29(23)37-31)28-19-25(13-16-27(28)33)35-30(41)22-9-7-6-8-10-22;1-2(3)4/h11-16,19-20,22H,4-10,17-18,21H2,1-3H3,(H,35,41)(H,34,36,37);1H3,(H,3,4). The first-order valence-electron chi connectivity index (χ1n) is 16.0. The second-order valence-electron chi connectivity index (χ2n) is 11.5. The Morgan fingerprint density at radius 3 is 2.38 bits per heavy atom. The zero-order valence-corrected chi connectivity index (χ0v) is 28.2. The normalized spacial score (nSPS) is 14.6. The lowest BCUT2D eigenvalue weighted by molar-refractivity contribution is -0.134. The number of ether oxygens (including phenoxy) is 1. The van der Waals surface area contributed by atoms with Gasteiger partial charge in [0.05, 0.1) is 17.3 Å². The van der Waals surface area contributed by atoms with Crippen LogP contribution in [0.5, 0.6) is 5.75 Å². The molecule has 13 heteroatoms. The van der Waals surface area contributed by atoms with Crippen LogP contribution < -0.4 is 25.2 Å². The molecular formula is C34H44ClN7O5. The van der Waals surface area contributed by atoms with E-state index in [9.17, 15) is 9.59 Å². The molecule has 1 aliphatic carbocycles. The van der Waals surface area contributed by atoms with E-state index in [4.69, 9.17) is 26.2 Å². The molecule has 0 bridgehead atoms. The van der Waals surface area contributed by atoms with Gasteiger partial charge in [-0.2, -0.15) is 4.98 Å². The van der Waals surface area contributed by atoms with Crippen LogP contribution in [0.1, 0.15) is 58.4 Å². The number of fused-ring (bicyclic) bond motifs is 1. The molecule has 1 aromatic heterocycles. The average molecular weight is 666 g/mol. The minimum Gasteiger partial charge on any atom is -0.492 e. The van der Waals surface area contributed by atoms with E-state index in [1.165, 1.54) is 11.3 Å². The predicted molar refractivity (Wildman–Crippen MR) is 185 cm³/mol. The molecule has 12 nitrogen and oxygen atoms in total. The van der Waals surface area contributed by atoms with E-state index in [1.54, 1.807) is 36.3 Å². The number of carbonyl (C=O) groups is 3. The zero-order valence-electron chi connectivity index (χ0n) is 27.5.